The van der Waals surface area contributed by atoms with Crippen LogP contribution in [0.3, 0.4) is 0 Å². The van der Waals surface area contributed by atoms with E-state index in [-0.39, 0.29) is 5.56 Å². The van der Waals surface area contributed by atoms with Crippen molar-refractivity contribution in [2.45, 2.75) is 6.42 Å². The van der Waals surface area contributed by atoms with Gasteiger partial charge < -0.3 is 14.6 Å². The molecular formula is C19H16N2O4. The minimum absolute atomic E-state index is 0.255. The van der Waals surface area contributed by atoms with Gasteiger partial charge in [0, 0.05) is 23.7 Å². The molecule has 1 aliphatic rings. The Hall–Kier alpha value is -3.28. The Labute approximate surface area is 144 Å². The number of rotatable bonds is 4. The Morgan fingerprint density at radius 2 is 1.76 bits per heavy atom. The van der Waals surface area contributed by atoms with Crippen LogP contribution in [-0.2, 0) is 6.42 Å². The molecule has 0 amide bonds. The molecule has 1 aliphatic carbocycles. The topological polar surface area (TPSA) is 73.6 Å². The average molecular weight is 336 g/mol. The van der Waals surface area contributed by atoms with Crippen molar-refractivity contribution in [3.63, 3.8) is 0 Å². The molecule has 1 N–H and O–H groups in total. The van der Waals surface area contributed by atoms with Crippen molar-refractivity contribution in [2.75, 3.05) is 14.2 Å². The van der Waals surface area contributed by atoms with Crippen molar-refractivity contribution in [3.05, 3.63) is 59.3 Å². The molecule has 0 spiro atoms. The highest BCUT2D eigenvalue weighted by molar-refractivity contribution is 5.87. The second kappa shape index (κ2) is 5.66. The standard InChI is InChI=1S/C19H16N2O4/c1-24-16-8-12-7-13-10-21(14-5-3-11(4-6-14)19(22)23)20-18(13)15(12)9-17(16)25-2/h3-6,8-10H,7H2,1-2H3,(H,22,23). The number of carboxylic acids is 1. The summed E-state index contributed by atoms with van der Waals surface area (Å²) >= 11 is 0. The van der Waals surface area contributed by atoms with Gasteiger partial charge in [0.05, 0.1) is 31.2 Å². The summed E-state index contributed by atoms with van der Waals surface area (Å²) < 4.78 is 12.5. The number of hydrogen-bond donors (Lipinski definition) is 1. The van der Waals surface area contributed by atoms with Crippen LogP contribution in [0.5, 0.6) is 11.5 Å². The number of aromatic carboxylic acids is 1. The highest BCUT2D eigenvalue weighted by Crippen LogP contribution is 2.42. The van der Waals surface area contributed by atoms with Crippen LogP contribution < -0.4 is 9.47 Å². The predicted molar refractivity (Wildman–Crippen MR) is 91.9 cm³/mol. The van der Waals surface area contributed by atoms with Gasteiger partial charge in [0.1, 0.15) is 0 Å². The molecule has 0 aliphatic heterocycles. The van der Waals surface area contributed by atoms with E-state index in [1.54, 1.807) is 43.2 Å². The molecule has 6 heteroatoms. The Kier molecular flexibility index (Phi) is 3.46. The zero-order chi connectivity index (χ0) is 17.6. The van der Waals surface area contributed by atoms with Crippen LogP contribution in [0.2, 0.25) is 0 Å². The summed E-state index contributed by atoms with van der Waals surface area (Å²) in [6.45, 7) is 0. The maximum atomic E-state index is 11.0. The number of hydrogen-bond acceptors (Lipinski definition) is 4. The number of nitrogens with zero attached hydrogens (tertiary/aromatic N) is 2. The van der Waals surface area contributed by atoms with E-state index in [0.717, 1.165) is 34.5 Å². The van der Waals surface area contributed by atoms with Gasteiger partial charge in [0.2, 0.25) is 0 Å². The zero-order valence-electron chi connectivity index (χ0n) is 13.8. The monoisotopic (exact) mass is 336 g/mol. The van der Waals surface area contributed by atoms with Gasteiger partial charge in [-0.1, -0.05) is 0 Å². The van der Waals surface area contributed by atoms with Crippen LogP contribution in [-0.4, -0.2) is 35.1 Å². The summed E-state index contributed by atoms with van der Waals surface area (Å²) in [5.41, 5.74) is 5.30. The number of ether oxygens (including phenoxy) is 2. The minimum atomic E-state index is -0.940. The van der Waals surface area contributed by atoms with E-state index < -0.39 is 5.97 Å². The Balaban J connectivity index is 1.74. The SMILES string of the molecule is COc1cc2c(cc1OC)-c1nn(-c3ccc(C(=O)O)cc3)cc1C2. The summed E-state index contributed by atoms with van der Waals surface area (Å²) in [7, 11) is 3.24. The Bertz CT molecular complexity index is 974. The molecule has 0 radical (unpaired) electrons. The Morgan fingerprint density at radius 1 is 1.08 bits per heavy atom. The number of carboxylic acid groups (broad SMARTS) is 1. The number of aromatic nitrogens is 2. The van der Waals surface area contributed by atoms with E-state index in [4.69, 9.17) is 14.6 Å². The van der Waals surface area contributed by atoms with E-state index >= 15 is 0 Å². The molecule has 1 heterocycles. The maximum Gasteiger partial charge on any atom is 0.335 e. The van der Waals surface area contributed by atoms with Crippen molar-refractivity contribution < 1.29 is 19.4 Å². The zero-order valence-corrected chi connectivity index (χ0v) is 13.8. The molecule has 6 nitrogen and oxygen atoms in total. The number of benzene rings is 2. The fourth-order valence-corrected chi connectivity index (χ4v) is 3.15. The van der Waals surface area contributed by atoms with Crippen molar-refractivity contribution in [2.24, 2.45) is 0 Å². The summed E-state index contributed by atoms with van der Waals surface area (Å²) in [5.74, 6) is 0.447. The summed E-state index contributed by atoms with van der Waals surface area (Å²) in [4.78, 5) is 11.0. The first-order valence-electron chi connectivity index (χ1n) is 7.78. The average Bonchev–Trinajstić information content (AvgIpc) is 3.18. The van der Waals surface area contributed by atoms with Gasteiger partial charge >= 0.3 is 5.97 Å². The van der Waals surface area contributed by atoms with Crippen LogP contribution in [0.1, 0.15) is 21.5 Å². The third-order valence-corrected chi connectivity index (χ3v) is 4.41. The number of carbonyl (C=O) groups is 1. The molecule has 3 aromatic rings. The van der Waals surface area contributed by atoms with Gasteiger partial charge in [0.25, 0.3) is 0 Å². The number of methoxy groups -OCH3 is 2. The van der Waals surface area contributed by atoms with Crippen molar-refractivity contribution >= 4 is 5.97 Å². The summed E-state index contributed by atoms with van der Waals surface area (Å²) in [5, 5.41) is 13.7. The molecule has 0 bridgehead atoms. The van der Waals surface area contributed by atoms with E-state index in [2.05, 4.69) is 5.10 Å². The largest absolute Gasteiger partial charge is 0.493 e. The lowest BCUT2D eigenvalue weighted by molar-refractivity contribution is 0.0697. The fourth-order valence-electron chi connectivity index (χ4n) is 3.15. The summed E-state index contributed by atoms with van der Waals surface area (Å²) in [6.07, 6.45) is 2.75. The molecular weight excluding hydrogens is 320 g/mol. The van der Waals surface area contributed by atoms with Gasteiger partial charge in [-0.2, -0.15) is 5.10 Å². The van der Waals surface area contributed by atoms with Crippen molar-refractivity contribution in [3.8, 4) is 28.4 Å². The van der Waals surface area contributed by atoms with Crippen LogP contribution in [0, 0.1) is 0 Å². The van der Waals surface area contributed by atoms with E-state index in [1.165, 1.54) is 0 Å². The van der Waals surface area contributed by atoms with Crippen LogP contribution in [0.15, 0.2) is 42.6 Å². The van der Waals surface area contributed by atoms with Gasteiger partial charge in [0.15, 0.2) is 11.5 Å². The molecule has 0 atom stereocenters. The van der Waals surface area contributed by atoms with Gasteiger partial charge in [-0.05, 0) is 42.0 Å². The lowest BCUT2D eigenvalue weighted by Gasteiger charge is -2.10. The predicted octanol–water partition coefficient (Wildman–Crippen LogP) is 3.16. The molecule has 4 rings (SSSR count). The van der Waals surface area contributed by atoms with Gasteiger partial charge in [-0.3, -0.25) is 0 Å². The highest BCUT2D eigenvalue weighted by Gasteiger charge is 2.25. The molecule has 0 saturated carbocycles. The first kappa shape index (κ1) is 15.3. The molecule has 0 fully saturated rings. The van der Waals surface area contributed by atoms with Crippen molar-refractivity contribution in [1.82, 2.24) is 9.78 Å². The van der Waals surface area contributed by atoms with E-state index in [0.29, 0.717) is 11.5 Å². The smallest absolute Gasteiger partial charge is 0.335 e. The summed E-state index contributed by atoms with van der Waals surface area (Å²) in [6, 6.07) is 10.6. The minimum Gasteiger partial charge on any atom is -0.493 e. The van der Waals surface area contributed by atoms with Crippen LogP contribution >= 0.6 is 0 Å². The maximum absolute atomic E-state index is 11.0. The lowest BCUT2D eigenvalue weighted by Crippen LogP contribution is -1.99. The van der Waals surface area contributed by atoms with Crippen LogP contribution in [0.4, 0.5) is 0 Å². The second-order valence-corrected chi connectivity index (χ2v) is 5.84. The Morgan fingerprint density at radius 3 is 2.40 bits per heavy atom. The first-order valence-corrected chi connectivity index (χ1v) is 7.78. The highest BCUT2D eigenvalue weighted by atomic mass is 16.5. The van der Waals surface area contributed by atoms with Gasteiger partial charge in [-0.15, -0.1) is 0 Å². The molecule has 126 valence electrons. The van der Waals surface area contributed by atoms with Gasteiger partial charge in [-0.25, -0.2) is 9.48 Å². The first-order chi connectivity index (χ1) is 12.1. The third-order valence-electron chi connectivity index (χ3n) is 4.41. The second-order valence-electron chi connectivity index (χ2n) is 5.84. The van der Waals surface area contributed by atoms with E-state index in [1.807, 2.05) is 18.3 Å². The van der Waals surface area contributed by atoms with Crippen LogP contribution in [0.25, 0.3) is 16.9 Å². The van der Waals surface area contributed by atoms with E-state index in [9.17, 15) is 4.79 Å². The fraction of sp³-hybridized carbons (Fsp3) is 0.158. The molecule has 2 aromatic carbocycles. The normalized spacial score (nSPS) is 11.8. The lowest BCUT2D eigenvalue weighted by atomic mass is 10.1. The quantitative estimate of drug-likeness (QED) is 0.620. The molecule has 0 unspecified atom stereocenters. The number of fused-ring (bicyclic) bond motifs is 3. The third kappa shape index (κ3) is 2.42. The molecule has 1 aromatic heterocycles. The van der Waals surface area contributed by atoms with Crippen molar-refractivity contribution in [1.29, 1.82) is 0 Å². The molecule has 25 heavy (non-hydrogen) atoms. The molecule has 0 saturated heterocycles.